The van der Waals surface area contributed by atoms with Crippen molar-refractivity contribution in [1.29, 1.82) is 0 Å². The first-order valence-corrected chi connectivity index (χ1v) is 8.30. The highest BCUT2D eigenvalue weighted by Crippen LogP contribution is 2.34. The summed E-state index contributed by atoms with van der Waals surface area (Å²) in [6.45, 7) is 11.4. The summed E-state index contributed by atoms with van der Waals surface area (Å²) in [5.41, 5.74) is 4.51. The zero-order chi connectivity index (χ0) is 18.4. The molecule has 1 aromatic carbocycles. The van der Waals surface area contributed by atoms with Gasteiger partial charge in [0.15, 0.2) is 5.58 Å². The molecule has 1 atom stereocenters. The second kappa shape index (κ2) is 6.02. The van der Waals surface area contributed by atoms with E-state index >= 15 is 0 Å². The van der Waals surface area contributed by atoms with Gasteiger partial charge in [0.05, 0.1) is 12.2 Å². The van der Waals surface area contributed by atoms with Gasteiger partial charge >= 0.3 is 6.09 Å². The van der Waals surface area contributed by atoms with Crippen molar-refractivity contribution in [2.45, 2.75) is 53.2 Å². The predicted octanol–water partition coefficient (Wildman–Crippen LogP) is 4.58. The molecule has 0 bridgehead atoms. The van der Waals surface area contributed by atoms with E-state index in [0.29, 0.717) is 5.58 Å². The van der Waals surface area contributed by atoms with E-state index in [2.05, 4.69) is 15.5 Å². The Bertz CT molecular complexity index is 954. The van der Waals surface area contributed by atoms with Gasteiger partial charge in [-0.1, -0.05) is 6.07 Å². The number of amides is 1. The van der Waals surface area contributed by atoms with E-state index in [1.54, 1.807) is 6.20 Å². The average Bonchev–Trinajstić information content (AvgIpc) is 2.84. The molecule has 0 aliphatic rings. The number of benzene rings is 1. The fraction of sp³-hybridized carbons (Fsp3) is 0.421. The van der Waals surface area contributed by atoms with E-state index in [1.165, 1.54) is 0 Å². The minimum absolute atomic E-state index is 0.272. The number of aromatic nitrogens is 2. The molecule has 1 N–H and O–H groups in total. The maximum atomic E-state index is 12.1. The Labute approximate surface area is 146 Å². The normalized spacial score (nSPS) is 13.2. The molecule has 0 aliphatic carbocycles. The van der Waals surface area contributed by atoms with Crippen molar-refractivity contribution in [3.8, 4) is 0 Å². The van der Waals surface area contributed by atoms with Crippen molar-refractivity contribution in [2.75, 3.05) is 0 Å². The third kappa shape index (κ3) is 3.43. The van der Waals surface area contributed by atoms with Gasteiger partial charge < -0.3 is 14.5 Å². The molecule has 25 heavy (non-hydrogen) atoms. The number of carbonyl (C=O) groups is 1. The first-order valence-electron chi connectivity index (χ1n) is 8.30. The zero-order valence-corrected chi connectivity index (χ0v) is 15.4. The van der Waals surface area contributed by atoms with Crippen molar-refractivity contribution >= 4 is 28.2 Å². The van der Waals surface area contributed by atoms with Crippen LogP contribution in [0.15, 0.2) is 22.7 Å². The summed E-state index contributed by atoms with van der Waals surface area (Å²) in [6.07, 6.45) is 1.22. The van der Waals surface area contributed by atoms with E-state index in [9.17, 15) is 4.79 Å². The fourth-order valence-corrected chi connectivity index (χ4v) is 2.85. The molecule has 0 spiro atoms. The number of nitrogens with one attached hydrogen (secondary N) is 1. The fourth-order valence-electron chi connectivity index (χ4n) is 2.85. The van der Waals surface area contributed by atoms with Gasteiger partial charge in [0.25, 0.3) is 0 Å². The Kier molecular flexibility index (Phi) is 4.14. The number of furan rings is 1. The van der Waals surface area contributed by atoms with E-state index in [0.717, 1.165) is 33.2 Å². The smallest absolute Gasteiger partial charge is 0.408 e. The molecule has 6 nitrogen and oxygen atoms in total. The van der Waals surface area contributed by atoms with E-state index in [4.69, 9.17) is 9.15 Å². The summed E-state index contributed by atoms with van der Waals surface area (Å²) < 4.78 is 11.4. The number of ether oxygens (including phenoxy) is 1. The third-order valence-electron chi connectivity index (χ3n) is 3.90. The minimum atomic E-state index is -0.544. The molecule has 6 heteroatoms. The van der Waals surface area contributed by atoms with Crippen LogP contribution < -0.4 is 5.32 Å². The van der Waals surface area contributed by atoms with Gasteiger partial charge in [-0.15, -0.1) is 5.10 Å². The quantitative estimate of drug-likeness (QED) is 0.738. The molecule has 3 rings (SSSR count). The van der Waals surface area contributed by atoms with Crippen LogP contribution in [-0.2, 0) is 4.74 Å². The number of hydrogen-bond acceptors (Lipinski definition) is 5. The first kappa shape index (κ1) is 17.2. The Morgan fingerprint density at radius 1 is 1.24 bits per heavy atom. The highest BCUT2D eigenvalue weighted by atomic mass is 16.6. The van der Waals surface area contributed by atoms with Crippen LogP contribution in [-0.4, -0.2) is 21.9 Å². The van der Waals surface area contributed by atoms with Gasteiger partial charge in [0.2, 0.25) is 0 Å². The lowest BCUT2D eigenvalue weighted by Gasteiger charge is -2.22. The SMILES string of the molecule is Cc1cc(C(C)NC(=O)OC(C)(C)C)c2oc3c(C)cnnc3c2c1. The topological polar surface area (TPSA) is 77.2 Å². The number of carbonyl (C=O) groups excluding carboxylic acids is 1. The summed E-state index contributed by atoms with van der Waals surface area (Å²) in [6, 6.07) is 3.76. The van der Waals surface area contributed by atoms with Crippen molar-refractivity contribution in [3.63, 3.8) is 0 Å². The summed E-state index contributed by atoms with van der Waals surface area (Å²) >= 11 is 0. The van der Waals surface area contributed by atoms with Crippen molar-refractivity contribution in [1.82, 2.24) is 15.5 Å². The molecule has 0 saturated heterocycles. The van der Waals surface area contributed by atoms with E-state index in [1.807, 2.05) is 53.7 Å². The maximum absolute atomic E-state index is 12.1. The van der Waals surface area contributed by atoms with Gasteiger partial charge in [-0.2, -0.15) is 5.10 Å². The highest BCUT2D eigenvalue weighted by Gasteiger charge is 2.22. The van der Waals surface area contributed by atoms with Crippen LogP contribution in [0.25, 0.3) is 22.1 Å². The van der Waals surface area contributed by atoms with Gasteiger partial charge in [-0.3, -0.25) is 0 Å². The van der Waals surface area contributed by atoms with Crippen LogP contribution in [0, 0.1) is 13.8 Å². The number of aryl methyl sites for hydroxylation is 2. The molecule has 0 saturated carbocycles. The minimum Gasteiger partial charge on any atom is -0.454 e. The standard InChI is InChI=1S/C19H23N3O3/c1-10-7-13(12(3)21-18(23)25-19(4,5)6)17-14(8-10)15-16(24-17)11(2)9-20-22-15/h7-9,12H,1-6H3,(H,21,23). The lowest BCUT2D eigenvalue weighted by molar-refractivity contribution is 0.0508. The number of nitrogens with zero attached hydrogens (tertiary/aromatic N) is 2. The lowest BCUT2D eigenvalue weighted by atomic mass is 10.0. The molecular weight excluding hydrogens is 318 g/mol. The summed E-state index contributed by atoms with van der Waals surface area (Å²) in [5.74, 6) is 0. The number of fused-ring (bicyclic) bond motifs is 3. The number of hydrogen-bond donors (Lipinski definition) is 1. The summed E-state index contributed by atoms with van der Waals surface area (Å²) in [7, 11) is 0. The summed E-state index contributed by atoms with van der Waals surface area (Å²) in [4.78, 5) is 12.1. The summed E-state index contributed by atoms with van der Waals surface area (Å²) in [5, 5.41) is 12.0. The number of alkyl carbamates (subject to hydrolysis) is 1. The Balaban J connectivity index is 2.05. The van der Waals surface area contributed by atoms with Crippen LogP contribution in [0.2, 0.25) is 0 Å². The molecule has 1 unspecified atom stereocenters. The monoisotopic (exact) mass is 341 g/mol. The first-order chi connectivity index (χ1) is 11.7. The molecule has 3 aromatic rings. The molecule has 0 radical (unpaired) electrons. The Hall–Kier alpha value is -2.63. The maximum Gasteiger partial charge on any atom is 0.408 e. The van der Waals surface area contributed by atoms with E-state index < -0.39 is 11.7 Å². The highest BCUT2D eigenvalue weighted by molar-refractivity contribution is 6.04. The lowest BCUT2D eigenvalue weighted by Crippen LogP contribution is -2.34. The van der Waals surface area contributed by atoms with Gasteiger partial charge in [-0.05, 0) is 53.2 Å². The average molecular weight is 341 g/mol. The predicted molar refractivity (Wildman–Crippen MR) is 96.6 cm³/mol. The zero-order valence-electron chi connectivity index (χ0n) is 15.4. The molecule has 2 heterocycles. The van der Waals surface area contributed by atoms with Crippen LogP contribution >= 0.6 is 0 Å². The molecule has 2 aromatic heterocycles. The third-order valence-corrected chi connectivity index (χ3v) is 3.90. The molecule has 0 fully saturated rings. The molecule has 1 amide bonds. The second-order valence-corrected chi connectivity index (χ2v) is 7.41. The molecule has 132 valence electrons. The molecule has 0 aliphatic heterocycles. The van der Waals surface area contributed by atoms with Crippen LogP contribution in [0.4, 0.5) is 4.79 Å². The van der Waals surface area contributed by atoms with E-state index in [-0.39, 0.29) is 6.04 Å². The van der Waals surface area contributed by atoms with Crippen LogP contribution in [0.3, 0.4) is 0 Å². The van der Waals surface area contributed by atoms with Crippen molar-refractivity contribution in [2.24, 2.45) is 0 Å². The second-order valence-electron chi connectivity index (χ2n) is 7.41. The number of rotatable bonds is 2. The van der Waals surface area contributed by atoms with Crippen LogP contribution in [0.5, 0.6) is 0 Å². The Morgan fingerprint density at radius 2 is 1.96 bits per heavy atom. The molecular formula is C19H23N3O3. The van der Waals surface area contributed by atoms with Gasteiger partial charge in [-0.25, -0.2) is 4.79 Å². The van der Waals surface area contributed by atoms with Crippen LogP contribution in [0.1, 0.15) is 50.4 Å². The Morgan fingerprint density at radius 3 is 2.64 bits per heavy atom. The van der Waals surface area contributed by atoms with Crippen molar-refractivity contribution in [3.05, 3.63) is 35.0 Å². The van der Waals surface area contributed by atoms with Crippen molar-refractivity contribution < 1.29 is 13.9 Å². The van der Waals surface area contributed by atoms with Gasteiger partial charge in [0.1, 0.15) is 16.7 Å². The van der Waals surface area contributed by atoms with Gasteiger partial charge in [0, 0.05) is 16.5 Å². The largest absolute Gasteiger partial charge is 0.454 e.